The molecule has 0 aromatic carbocycles. The number of carbonyl (C=O) groups excluding carboxylic acids is 1. The van der Waals surface area contributed by atoms with Crippen LogP contribution in [0.15, 0.2) is 10.6 Å². The average molecular weight is 408 g/mol. The molecule has 1 saturated carbocycles. The van der Waals surface area contributed by atoms with E-state index in [1.807, 2.05) is 18.2 Å². The third-order valence-electron chi connectivity index (χ3n) is 6.27. The van der Waals surface area contributed by atoms with Gasteiger partial charge in [0.25, 0.3) is 5.91 Å². The molecule has 3 aliphatic rings. The maximum Gasteiger partial charge on any atom is 0.273 e. The summed E-state index contributed by atoms with van der Waals surface area (Å²) in [5, 5.41) is 7.13. The standard InChI is InChI=1S/C20H33N5O2S/c1-14-12-16(21-20(26)18-13-19(27-22-18)15-4-5-15)6-11-25(14)28-24-9-7-17(8-10-24)23(2)3/h13-17H,4-12H2,1-3H3,(H,21,26). The lowest BCUT2D eigenvalue weighted by atomic mass is 10.0. The fraction of sp³-hybridized carbons (Fsp3) is 0.800. The third kappa shape index (κ3) is 4.90. The third-order valence-corrected chi connectivity index (χ3v) is 7.61. The predicted molar refractivity (Wildman–Crippen MR) is 111 cm³/mol. The quantitative estimate of drug-likeness (QED) is 0.728. The largest absolute Gasteiger partial charge is 0.360 e. The van der Waals surface area contributed by atoms with Gasteiger partial charge in [0.2, 0.25) is 0 Å². The summed E-state index contributed by atoms with van der Waals surface area (Å²) in [4.78, 5) is 14.8. The van der Waals surface area contributed by atoms with Crippen molar-refractivity contribution in [1.82, 2.24) is 24.0 Å². The van der Waals surface area contributed by atoms with Crippen molar-refractivity contribution < 1.29 is 9.32 Å². The highest BCUT2D eigenvalue weighted by molar-refractivity contribution is 7.94. The zero-order chi connectivity index (χ0) is 19.7. The van der Waals surface area contributed by atoms with Gasteiger partial charge in [0.05, 0.1) is 0 Å². The van der Waals surface area contributed by atoms with Crippen LogP contribution in [0, 0.1) is 0 Å². The van der Waals surface area contributed by atoms with Gasteiger partial charge in [0.1, 0.15) is 5.76 Å². The molecule has 3 heterocycles. The highest BCUT2D eigenvalue weighted by Crippen LogP contribution is 2.40. The highest BCUT2D eigenvalue weighted by atomic mass is 32.2. The molecule has 156 valence electrons. The van der Waals surface area contributed by atoms with Gasteiger partial charge in [-0.05, 0) is 59.5 Å². The molecule has 0 radical (unpaired) electrons. The molecule has 1 amide bonds. The van der Waals surface area contributed by atoms with Crippen molar-refractivity contribution in [2.45, 2.75) is 69.5 Å². The summed E-state index contributed by atoms with van der Waals surface area (Å²) in [6.07, 6.45) is 6.72. The minimum absolute atomic E-state index is 0.0975. The molecular formula is C20H33N5O2S. The summed E-state index contributed by atoms with van der Waals surface area (Å²) in [6, 6.07) is 3.18. The van der Waals surface area contributed by atoms with Crippen molar-refractivity contribution in [3.63, 3.8) is 0 Å². The molecule has 4 rings (SSSR count). The molecule has 2 unspecified atom stereocenters. The number of aromatic nitrogens is 1. The molecule has 2 saturated heterocycles. The van der Waals surface area contributed by atoms with E-state index in [1.54, 1.807) is 0 Å². The number of piperidine rings is 2. The number of nitrogens with zero attached hydrogens (tertiary/aromatic N) is 4. The van der Waals surface area contributed by atoms with E-state index in [0.29, 0.717) is 23.7 Å². The molecule has 1 N–H and O–H groups in total. The van der Waals surface area contributed by atoms with Gasteiger partial charge in [0, 0.05) is 61.9 Å². The molecule has 8 heteroatoms. The minimum Gasteiger partial charge on any atom is -0.360 e. The first-order chi connectivity index (χ1) is 13.5. The second-order valence-corrected chi connectivity index (χ2v) is 9.93. The van der Waals surface area contributed by atoms with E-state index in [2.05, 4.69) is 45.0 Å². The molecule has 1 aromatic heterocycles. The van der Waals surface area contributed by atoms with Crippen LogP contribution in [0.4, 0.5) is 0 Å². The van der Waals surface area contributed by atoms with E-state index in [-0.39, 0.29) is 11.9 Å². The maximum absolute atomic E-state index is 12.5. The monoisotopic (exact) mass is 407 g/mol. The molecule has 2 atom stereocenters. The smallest absolute Gasteiger partial charge is 0.273 e. The Morgan fingerprint density at radius 3 is 2.61 bits per heavy atom. The van der Waals surface area contributed by atoms with Crippen molar-refractivity contribution in [2.75, 3.05) is 33.7 Å². The lowest BCUT2D eigenvalue weighted by Gasteiger charge is -2.41. The summed E-state index contributed by atoms with van der Waals surface area (Å²) in [5.41, 5.74) is 0.426. The van der Waals surface area contributed by atoms with Gasteiger partial charge in [-0.3, -0.25) is 4.79 Å². The van der Waals surface area contributed by atoms with Gasteiger partial charge >= 0.3 is 0 Å². The Hall–Kier alpha value is -1.09. The van der Waals surface area contributed by atoms with Gasteiger partial charge in [0.15, 0.2) is 5.69 Å². The Morgan fingerprint density at radius 2 is 1.96 bits per heavy atom. The molecule has 1 aromatic rings. The fourth-order valence-corrected chi connectivity index (χ4v) is 5.31. The van der Waals surface area contributed by atoms with Crippen LogP contribution in [0.25, 0.3) is 0 Å². The minimum atomic E-state index is -0.0975. The van der Waals surface area contributed by atoms with Crippen LogP contribution in [-0.2, 0) is 0 Å². The molecule has 2 aliphatic heterocycles. The van der Waals surface area contributed by atoms with Crippen LogP contribution in [-0.4, -0.2) is 76.4 Å². The highest BCUT2D eigenvalue weighted by Gasteiger charge is 2.32. The molecule has 3 fully saturated rings. The summed E-state index contributed by atoms with van der Waals surface area (Å²) in [5.74, 6) is 1.25. The van der Waals surface area contributed by atoms with E-state index in [4.69, 9.17) is 4.52 Å². The van der Waals surface area contributed by atoms with Crippen LogP contribution < -0.4 is 5.32 Å². The summed E-state index contributed by atoms with van der Waals surface area (Å²) in [7, 11) is 4.36. The van der Waals surface area contributed by atoms with Crippen LogP contribution in [0.5, 0.6) is 0 Å². The zero-order valence-electron chi connectivity index (χ0n) is 17.3. The molecular weight excluding hydrogens is 374 g/mol. The second-order valence-electron chi connectivity index (χ2n) is 8.78. The van der Waals surface area contributed by atoms with Gasteiger partial charge in [-0.25, -0.2) is 8.61 Å². The Balaban J connectivity index is 1.22. The second kappa shape index (κ2) is 8.73. The molecule has 0 bridgehead atoms. The summed E-state index contributed by atoms with van der Waals surface area (Å²) < 4.78 is 10.3. The van der Waals surface area contributed by atoms with Crippen LogP contribution in [0.2, 0.25) is 0 Å². The first kappa shape index (κ1) is 20.2. The van der Waals surface area contributed by atoms with E-state index < -0.39 is 0 Å². The van der Waals surface area contributed by atoms with E-state index >= 15 is 0 Å². The number of rotatable bonds is 6. The van der Waals surface area contributed by atoms with Gasteiger partial charge < -0.3 is 14.7 Å². The molecule has 7 nitrogen and oxygen atoms in total. The number of carbonyl (C=O) groups is 1. The Morgan fingerprint density at radius 1 is 1.21 bits per heavy atom. The van der Waals surface area contributed by atoms with Gasteiger partial charge in [-0.15, -0.1) is 0 Å². The number of amides is 1. The Labute approximate surface area is 172 Å². The normalized spacial score (nSPS) is 28.0. The van der Waals surface area contributed by atoms with Crippen LogP contribution in [0.3, 0.4) is 0 Å². The topological polar surface area (TPSA) is 64.9 Å². The first-order valence-corrected chi connectivity index (χ1v) is 11.4. The van der Waals surface area contributed by atoms with Crippen molar-refractivity contribution >= 4 is 18.0 Å². The van der Waals surface area contributed by atoms with Crippen molar-refractivity contribution in [3.05, 3.63) is 17.5 Å². The molecule has 28 heavy (non-hydrogen) atoms. The van der Waals surface area contributed by atoms with E-state index in [0.717, 1.165) is 51.1 Å². The van der Waals surface area contributed by atoms with E-state index in [9.17, 15) is 4.79 Å². The van der Waals surface area contributed by atoms with Gasteiger partial charge in [-0.2, -0.15) is 0 Å². The number of nitrogens with one attached hydrogen (secondary N) is 1. The predicted octanol–water partition coefficient (Wildman–Crippen LogP) is 2.72. The number of hydrogen-bond donors (Lipinski definition) is 1. The first-order valence-electron chi connectivity index (χ1n) is 10.6. The van der Waals surface area contributed by atoms with Crippen LogP contribution in [0.1, 0.15) is 67.6 Å². The molecule has 1 aliphatic carbocycles. The van der Waals surface area contributed by atoms with Crippen molar-refractivity contribution in [3.8, 4) is 0 Å². The van der Waals surface area contributed by atoms with Crippen LogP contribution >= 0.6 is 12.1 Å². The average Bonchev–Trinajstić information content (AvgIpc) is 3.41. The lowest BCUT2D eigenvalue weighted by Crippen LogP contribution is -2.48. The van der Waals surface area contributed by atoms with Crippen molar-refractivity contribution in [1.29, 1.82) is 0 Å². The SMILES string of the molecule is CC1CC(NC(=O)c2cc(C3CC3)on2)CCN1SN1CCC(N(C)C)CC1. The Kier molecular flexibility index (Phi) is 6.30. The van der Waals surface area contributed by atoms with Crippen molar-refractivity contribution in [2.24, 2.45) is 0 Å². The molecule has 0 spiro atoms. The Bertz CT molecular complexity index is 669. The lowest BCUT2D eigenvalue weighted by molar-refractivity contribution is 0.0905. The fourth-order valence-electron chi connectivity index (χ4n) is 4.21. The summed E-state index contributed by atoms with van der Waals surface area (Å²) >= 11 is 1.90. The maximum atomic E-state index is 12.5. The number of hydrogen-bond acceptors (Lipinski definition) is 7. The van der Waals surface area contributed by atoms with Gasteiger partial charge in [-0.1, -0.05) is 5.16 Å². The summed E-state index contributed by atoms with van der Waals surface area (Å²) in [6.45, 7) is 5.55. The zero-order valence-corrected chi connectivity index (χ0v) is 18.1. The van der Waals surface area contributed by atoms with E-state index in [1.165, 1.54) is 12.8 Å².